The van der Waals surface area contributed by atoms with Gasteiger partial charge in [-0.3, -0.25) is 4.79 Å². The average Bonchev–Trinajstić information content (AvgIpc) is 3.09. The normalized spacial score (nSPS) is 10.5. The van der Waals surface area contributed by atoms with Crippen LogP contribution in [0.3, 0.4) is 0 Å². The van der Waals surface area contributed by atoms with Gasteiger partial charge in [0.2, 0.25) is 5.91 Å². The molecule has 23 heavy (non-hydrogen) atoms. The van der Waals surface area contributed by atoms with Crippen molar-refractivity contribution in [2.45, 2.75) is 12.8 Å². The number of hydrogen-bond acceptors (Lipinski definition) is 2. The van der Waals surface area contributed by atoms with Crippen molar-refractivity contribution in [2.75, 3.05) is 5.32 Å². The van der Waals surface area contributed by atoms with Crippen LogP contribution in [0.2, 0.25) is 5.02 Å². The van der Waals surface area contributed by atoms with E-state index in [0.717, 1.165) is 16.9 Å². The smallest absolute Gasteiger partial charge is 0.224 e. The number of carbonyl (C=O) groups excluding carboxylic acids is 1. The molecule has 0 atom stereocenters. The van der Waals surface area contributed by atoms with Crippen LogP contribution in [0.25, 0.3) is 5.69 Å². The molecule has 1 N–H and O–H groups in total. The van der Waals surface area contributed by atoms with E-state index in [0.29, 0.717) is 17.9 Å². The molecule has 0 fully saturated rings. The minimum Gasteiger partial charge on any atom is -0.326 e. The molecule has 3 aromatic rings. The van der Waals surface area contributed by atoms with Crippen LogP contribution in [-0.2, 0) is 11.2 Å². The van der Waals surface area contributed by atoms with Crippen molar-refractivity contribution < 1.29 is 4.79 Å². The van der Waals surface area contributed by atoms with Crippen molar-refractivity contribution in [2.24, 2.45) is 0 Å². The summed E-state index contributed by atoms with van der Waals surface area (Å²) in [5, 5.41) is 3.61. The number of amides is 1. The highest BCUT2D eigenvalue weighted by Crippen LogP contribution is 2.14. The zero-order chi connectivity index (χ0) is 16.1. The van der Waals surface area contributed by atoms with Crippen LogP contribution in [0.1, 0.15) is 12.0 Å². The lowest BCUT2D eigenvalue weighted by Crippen LogP contribution is -2.12. The van der Waals surface area contributed by atoms with Crippen molar-refractivity contribution >= 4 is 23.2 Å². The van der Waals surface area contributed by atoms with E-state index in [-0.39, 0.29) is 5.91 Å². The minimum atomic E-state index is -0.00432. The van der Waals surface area contributed by atoms with Crippen molar-refractivity contribution in [3.05, 3.63) is 77.8 Å². The number of hydrogen-bond donors (Lipinski definition) is 1. The highest BCUT2D eigenvalue weighted by molar-refractivity contribution is 6.30. The van der Waals surface area contributed by atoms with E-state index in [1.807, 2.05) is 59.3 Å². The Labute approximate surface area is 139 Å². The number of anilines is 1. The average molecular weight is 326 g/mol. The number of halogens is 1. The molecule has 2 aromatic carbocycles. The quantitative estimate of drug-likeness (QED) is 0.767. The van der Waals surface area contributed by atoms with Gasteiger partial charge in [0.1, 0.15) is 0 Å². The lowest BCUT2D eigenvalue weighted by atomic mass is 10.1. The number of aromatic nitrogens is 2. The first-order chi connectivity index (χ1) is 11.2. The van der Waals surface area contributed by atoms with E-state index >= 15 is 0 Å². The van der Waals surface area contributed by atoms with Gasteiger partial charge in [-0.05, 0) is 48.4 Å². The summed E-state index contributed by atoms with van der Waals surface area (Å²) in [6.07, 6.45) is 6.47. The van der Waals surface area contributed by atoms with Gasteiger partial charge in [0.25, 0.3) is 0 Å². The summed E-state index contributed by atoms with van der Waals surface area (Å²) >= 11 is 5.85. The van der Waals surface area contributed by atoms with Gasteiger partial charge in [-0.15, -0.1) is 0 Å². The monoisotopic (exact) mass is 325 g/mol. The second-order valence-corrected chi connectivity index (χ2v) is 5.63. The third kappa shape index (κ3) is 4.20. The van der Waals surface area contributed by atoms with Gasteiger partial charge in [-0.2, -0.15) is 0 Å². The van der Waals surface area contributed by atoms with Gasteiger partial charge >= 0.3 is 0 Å². The predicted molar refractivity (Wildman–Crippen MR) is 92.0 cm³/mol. The summed E-state index contributed by atoms with van der Waals surface area (Å²) in [7, 11) is 0. The van der Waals surface area contributed by atoms with Crippen molar-refractivity contribution in [1.82, 2.24) is 9.55 Å². The number of carbonyl (C=O) groups is 1. The maximum absolute atomic E-state index is 12.0. The predicted octanol–water partition coefficient (Wildman–Crippen LogP) is 4.10. The van der Waals surface area contributed by atoms with Crippen molar-refractivity contribution in [3.63, 3.8) is 0 Å². The molecule has 0 aliphatic carbocycles. The molecule has 4 nitrogen and oxygen atoms in total. The second kappa shape index (κ2) is 7.11. The first kappa shape index (κ1) is 15.3. The second-order valence-electron chi connectivity index (χ2n) is 5.19. The molecular weight excluding hydrogens is 310 g/mol. The summed E-state index contributed by atoms with van der Waals surface area (Å²) in [6.45, 7) is 0. The van der Waals surface area contributed by atoms with Crippen LogP contribution in [0.5, 0.6) is 0 Å². The molecule has 3 rings (SSSR count). The van der Waals surface area contributed by atoms with E-state index in [1.54, 1.807) is 12.5 Å². The van der Waals surface area contributed by atoms with E-state index in [2.05, 4.69) is 10.3 Å². The van der Waals surface area contributed by atoms with Gasteiger partial charge in [-0.25, -0.2) is 4.98 Å². The fourth-order valence-corrected chi connectivity index (χ4v) is 2.39. The van der Waals surface area contributed by atoms with Crippen LogP contribution in [0, 0.1) is 0 Å². The summed E-state index contributed by atoms with van der Waals surface area (Å²) < 4.78 is 1.91. The fraction of sp³-hybridized carbons (Fsp3) is 0.111. The van der Waals surface area contributed by atoms with Gasteiger partial charge in [-0.1, -0.05) is 23.7 Å². The zero-order valence-electron chi connectivity index (χ0n) is 12.4. The van der Waals surface area contributed by atoms with E-state index in [9.17, 15) is 4.79 Å². The van der Waals surface area contributed by atoms with E-state index < -0.39 is 0 Å². The molecule has 1 amide bonds. The molecule has 116 valence electrons. The SMILES string of the molecule is O=C(CCc1ccc(Cl)cc1)Nc1ccc(-n2ccnc2)cc1. The van der Waals surface area contributed by atoms with Crippen molar-refractivity contribution in [3.8, 4) is 5.69 Å². The molecule has 0 aliphatic rings. The highest BCUT2D eigenvalue weighted by Gasteiger charge is 2.04. The molecule has 5 heteroatoms. The first-order valence-electron chi connectivity index (χ1n) is 7.33. The Kier molecular flexibility index (Phi) is 4.74. The van der Waals surface area contributed by atoms with Gasteiger partial charge < -0.3 is 9.88 Å². The molecule has 0 radical (unpaired) electrons. The molecule has 0 unspecified atom stereocenters. The molecular formula is C18H16ClN3O. The lowest BCUT2D eigenvalue weighted by molar-refractivity contribution is -0.116. The molecule has 0 saturated heterocycles. The van der Waals surface area contributed by atoms with E-state index in [4.69, 9.17) is 11.6 Å². The summed E-state index contributed by atoms with van der Waals surface area (Å²) in [6, 6.07) is 15.2. The Morgan fingerprint density at radius 3 is 2.48 bits per heavy atom. The molecule has 0 aliphatic heterocycles. The number of benzene rings is 2. The first-order valence-corrected chi connectivity index (χ1v) is 7.71. The molecule has 1 aromatic heterocycles. The summed E-state index contributed by atoms with van der Waals surface area (Å²) in [5.41, 5.74) is 2.89. The summed E-state index contributed by atoms with van der Waals surface area (Å²) in [4.78, 5) is 16.0. The third-order valence-corrected chi connectivity index (χ3v) is 3.76. The molecule has 0 spiro atoms. The number of rotatable bonds is 5. The van der Waals surface area contributed by atoms with Crippen LogP contribution in [0.4, 0.5) is 5.69 Å². The van der Waals surface area contributed by atoms with Crippen LogP contribution in [-0.4, -0.2) is 15.5 Å². The summed E-state index contributed by atoms with van der Waals surface area (Å²) in [5.74, 6) is -0.00432. The third-order valence-electron chi connectivity index (χ3n) is 3.51. The molecule has 1 heterocycles. The Balaban J connectivity index is 1.54. The number of imidazole rings is 1. The maximum atomic E-state index is 12.0. The topological polar surface area (TPSA) is 46.9 Å². The fourth-order valence-electron chi connectivity index (χ4n) is 2.26. The maximum Gasteiger partial charge on any atom is 0.224 e. The van der Waals surface area contributed by atoms with Gasteiger partial charge in [0.05, 0.1) is 6.33 Å². The number of aryl methyl sites for hydroxylation is 1. The highest BCUT2D eigenvalue weighted by atomic mass is 35.5. The Morgan fingerprint density at radius 1 is 1.09 bits per heavy atom. The Hall–Kier alpha value is -2.59. The number of nitrogens with zero attached hydrogens (tertiary/aromatic N) is 2. The largest absolute Gasteiger partial charge is 0.326 e. The van der Waals surface area contributed by atoms with Crippen LogP contribution in [0.15, 0.2) is 67.3 Å². The Bertz CT molecular complexity index is 765. The molecule has 0 saturated carbocycles. The molecule has 0 bridgehead atoms. The standard InChI is InChI=1S/C18H16ClN3O/c19-15-4-1-14(2-5-15)3-10-18(23)21-16-6-8-17(9-7-16)22-12-11-20-13-22/h1-2,4-9,11-13H,3,10H2,(H,21,23). The van der Waals surface area contributed by atoms with Crippen LogP contribution < -0.4 is 5.32 Å². The Morgan fingerprint density at radius 2 is 1.83 bits per heavy atom. The van der Waals surface area contributed by atoms with E-state index in [1.165, 1.54) is 0 Å². The lowest BCUT2D eigenvalue weighted by Gasteiger charge is -2.07. The van der Waals surface area contributed by atoms with Gasteiger partial charge in [0.15, 0.2) is 0 Å². The number of nitrogens with one attached hydrogen (secondary N) is 1. The van der Waals surface area contributed by atoms with Crippen LogP contribution >= 0.6 is 11.6 Å². The van der Waals surface area contributed by atoms with Crippen molar-refractivity contribution in [1.29, 1.82) is 0 Å². The zero-order valence-corrected chi connectivity index (χ0v) is 13.2. The van der Waals surface area contributed by atoms with Gasteiger partial charge in [0, 0.05) is 35.2 Å². The minimum absolute atomic E-state index is 0.00432.